The normalized spacial score (nSPS) is 16.8. The number of hydrogen-bond donors (Lipinski definition) is 0. The molecule has 1 atom stereocenters. The maximum Gasteiger partial charge on any atom is 0.261 e. The van der Waals surface area contributed by atoms with Crippen LogP contribution in [0.1, 0.15) is 34.9 Å². The minimum Gasteiger partial charge on any atom is -0.496 e. The summed E-state index contributed by atoms with van der Waals surface area (Å²) in [6.07, 6.45) is 4.93. The van der Waals surface area contributed by atoms with Crippen LogP contribution >= 0.6 is 0 Å². The Morgan fingerprint density at radius 3 is 2.65 bits per heavy atom. The van der Waals surface area contributed by atoms with E-state index in [2.05, 4.69) is 15.1 Å². The molecule has 4 rings (SSSR count). The van der Waals surface area contributed by atoms with Crippen LogP contribution in [0.2, 0.25) is 0 Å². The van der Waals surface area contributed by atoms with Gasteiger partial charge in [-0.05, 0) is 31.0 Å². The number of hydrogen-bond acceptors (Lipinski definition) is 6. The van der Waals surface area contributed by atoms with E-state index in [1.807, 2.05) is 11.0 Å². The van der Waals surface area contributed by atoms with Gasteiger partial charge in [0.05, 0.1) is 26.0 Å². The molecule has 2 aromatic heterocycles. The van der Waals surface area contributed by atoms with Crippen molar-refractivity contribution in [1.29, 1.82) is 0 Å². The molecule has 3 aromatic rings. The lowest BCUT2D eigenvalue weighted by Crippen LogP contribution is -2.32. The topological polar surface area (TPSA) is 81.9 Å². The Morgan fingerprint density at radius 2 is 1.92 bits per heavy atom. The molecule has 1 saturated heterocycles. The van der Waals surface area contributed by atoms with Crippen LogP contribution in [0.3, 0.4) is 0 Å². The molecule has 134 valence electrons. The first kappa shape index (κ1) is 16.3. The third kappa shape index (κ3) is 2.54. The highest BCUT2D eigenvalue weighted by molar-refractivity contribution is 6.00. The largest absolute Gasteiger partial charge is 0.496 e. The van der Waals surface area contributed by atoms with Crippen molar-refractivity contribution < 1.29 is 14.3 Å². The van der Waals surface area contributed by atoms with Crippen molar-refractivity contribution in [1.82, 2.24) is 24.5 Å². The molecule has 0 bridgehead atoms. The lowest BCUT2D eigenvalue weighted by molar-refractivity contribution is 0.0724. The third-order valence-corrected chi connectivity index (χ3v) is 4.71. The zero-order valence-corrected chi connectivity index (χ0v) is 14.6. The summed E-state index contributed by atoms with van der Waals surface area (Å²) < 4.78 is 12.5. The van der Waals surface area contributed by atoms with Crippen LogP contribution in [0, 0.1) is 0 Å². The summed E-state index contributed by atoms with van der Waals surface area (Å²) in [5.41, 5.74) is 1.33. The fourth-order valence-electron chi connectivity index (χ4n) is 3.53. The minimum absolute atomic E-state index is 0.107. The number of fused-ring (bicyclic) bond motifs is 1. The van der Waals surface area contributed by atoms with Crippen molar-refractivity contribution >= 4 is 11.7 Å². The van der Waals surface area contributed by atoms with Crippen LogP contribution in [-0.2, 0) is 0 Å². The second-order valence-electron chi connectivity index (χ2n) is 6.04. The second kappa shape index (κ2) is 6.62. The van der Waals surface area contributed by atoms with Crippen LogP contribution in [0.25, 0.3) is 5.78 Å². The van der Waals surface area contributed by atoms with E-state index in [-0.39, 0.29) is 11.9 Å². The standard InChI is InChI=1S/C18H19N5O3/c1-25-14-6-3-7-15(26-2)16(14)17(24)22-10-4-5-12(22)13-8-9-19-18-20-11-21-23(13)18/h3,6-9,11-12H,4-5,10H2,1-2H3/t12-/m1/s1. The zero-order valence-electron chi connectivity index (χ0n) is 14.6. The Bertz CT molecular complexity index is 933. The number of nitrogens with zero attached hydrogens (tertiary/aromatic N) is 5. The highest BCUT2D eigenvalue weighted by Crippen LogP contribution is 2.37. The summed E-state index contributed by atoms with van der Waals surface area (Å²) in [7, 11) is 3.10. The quantitative estimate of drug-likeness (QED) is 0.715. The first-order valence-electron chi connectivity index (χ1n) is 8.41. The Labute approximate surface area is 150 Å². The number of amides is 1. The summed E-state index contributed by atoms with van der Waals surface area (Å²) in [6, 6.07) is 7.12. The molecule has 1 aliphatic rings. The molecule has 1 amide bonds. The fraction of sp³-hybridized carbons (Fsp3) is 0.333. The van der Waals surface area contributed by atoms with Gasteiger partial charge in [-0.25, -0.2) is 4.98 Å². The Kier molecular flexibility index (Phi) is 4.16. The number of ether oxygens (including phenoxy) is 2. The number of likely N-dealkylation sites (tertiary alicyclic amines) is 1. The van der Waals surface area contributed by atoms with E-state index in [1.54, 1.807) is 43.1 Å². The molecule has 3 heterocycles. The van der Waals surface area contributed by atoms with E-state index in [0.717, 1.165) is 18.5 Å². The van der Waals surface area contributed by atoms with Gasteiger partial charge in [0.1, 0.15) is 23.4 Å². The third-order valence-electron chi connectivity index (χ3n) is 4.71. The van der Waals surface area contributed by atoms with E-state index in [4.69, 9.17) is 9.47 Å². The lowest BCUT2D eigenvalue weighted by Gasteiger charge is -2.26. The number of carbonyl (C=O) groups is 1. The van der Waals surface area contributed by atoms with Gasteiger partial charge in [-0.2, -0.15) is 14.6 Å². The Balaban J connectivity index is 1.76. The second-order valence-corrected chi connectivity index (χ2v) is 6.04. The van der Waals surface area contributed by atoms with Crippen LogP contribution in [0.4, 0.5) is 0 Å². The number of methoxy groups -OCH3 is 2. The number of aromatic nitrogens is 4. The van der Waals surface area contributed by atoms with Gasteiger partial charge >= 0.3 is 0 Å². The van der Waals surface area contributed by atoms with Crippen molar-refractivity contribution in [3.63, 3.8) is 0 Å². The SMILES string of the molecule is COc1cccc(OC)c1C(=O)N1CCC[C@@H]1c1ccnc2ncnn12. The summed E-state index contributed by atoms with van der Waals surface area (Å²) in [5.74, 6) is 1.41. The summed E-state index contributed by atoms with van der Waals surface area (Å²) in [6.45, 7) is 0.656. The summed E-state index contributed by atoms with van der Waals surface area (Å²) >= 11 is 0. The molecule has 0 saturated carbocycles. The van der Waals surface area contributed by atoms with Crippen molar-refractivity contribution in [2.24, 2.45) is 0 Å². The maximum absolute atomic E-state index is 13.4. The first-order valence-corrected chi connectivity index (χ1v) is 8.41. The number of rotatable bonds is 4. The molecule has 0 N–H and O–H groups in total. The average molecular weight is 353 g/mol. The molecule has 0 spiro atoms. The van der Waals surface area contributed by atoms with Crippen LogP contribution in [0.5, 0.6) is 11.5 Å². The lowest BCUT2D eigenvalue weighted by atomic mass is 10.1. The van der Waals surface area contributed by atoms with Gasteiger partial charge in [-0.1, -0.05) is 6.07 Å². The summed E-state index contributed by atoms with van der Waals surface area (Å²) in [5, 5.41) is 4.25. The highest BCUT2D eigenvalue weighted by atomic mass is 16.5. The average Bonchev–Trinajstić information content (AvgIpc) is 3.35. The van der Waals surface area contributed by atoms with E-state index in [9.17, 15) is 4.79 Å². The zero-order chi connectivity index (χ0) is 18.1. The predicted octanol–water partition coefficient (Wildman–Crippen LogP) is 2.12. The monoisotopic (exact) mass is 353 g/mol. The van der Waals surface area contributed by atoms with E-state index in [1.165, 1.54) is 6.33 Å². The van der Waals surface area contributed by atoms with Gasteiger partial charge in [-0.15, -0.1) is 0 Å². The Hall–Kier alpha value is -3.16. The van der Waals surface area contributed by atoms with Gasteiger partial charge in [0.2, 0.25) is 0 Å². The van der Waals surface area contributed by atoms with Crippen molar-refractivity contribution in [2.75, 3.05) is 20.8 Å². The highest BCUT2D eigenvalue weighted by Gasteiger charge is 2.35. The molecular weight excluding hydrogens is 334 g/mol. The van der Waals surface area contributed by atoms with Crippen molar-refractivity contribution in [2.45, 2.75) is 18.9 Å². The van der Waals surface area contributed by atoms with Gasteiger partial charge in [-0.3, -0.25) is 4.79 Å². The van der Waals surface area contributed by atoms with E-state index in [0.29, 0.717) is 29.4 Å². The van der Waals surface area contributed by atoms with Crippen LogP contribution in [-0.4, -0.2) is 51.2 Å². The predicted molar refractivity (Wildman–Crippen MR) is 93.3 cm³/mol. The number of carbonyl (C=O) groups excluding carboxylic acids is 1. The first-order chi connectivity index (χ1) is 12.7. The van der Waals surface area contributed by atoms with E-state index < -0.39 is 0 Å². The maximum atomic E-state index is 13.4. The molecule has 0 aliphatic carbocycles. The molecule has 1 aliphatic heterocycles. The van der Waals surface area contributed by atoms with Crippen LogP contribution < -0.4 is 9.47 Å². The van der Waals surface area contributed by atoms with Gasteiger partial charge < -0.3 is 14.4 Å². The Morgan fingerprint density at radius 1 is 1.15 bits per heavy atom. The molecule has 1 aromatic carbocycles. The molecule has 8 nitrogen and oxygen atoms in total. The van der Waals surface area contributed by atoms with Crippen molar-refractivity contribution in [3.05, 3.63) is 48.0 Å². The van der Waals surface area contributed by atoms with Gasteiger partial charge in [0.15, 0.2) is 0 Å². The smallest absolute Gasteiger partial charge is 0.261 e. The molecule has 26 heavy (non-hydrogen) atoms. The van der Waals surface area contributed by atoms with E-state index >= 15 is 0 Å². The van der Waals surface area contributed by atoms with Crippen LogP contribution in [0.15, 0.2) is 36.8 Å². The molecule has 8 heteroatoms. The van der Waals surface area contributed by atoms with Gasteiger partial charge in [0.25, 0.3) is 11.7 Å². The molecule has 0 radical (unpaired) electrons. The summed E-state index contributed by atoms with van der Waals surface area (Å²) in [4.78, 5) is 23.5. The van der Waals surface area contributed by atoms with Gasteiger partial charge in [0, 0.05) is 12.7 Å². The molecule has 1 fully saturated rings. The number of benzene rings is 1. The fourth-order valence-corrected chi connectivity index (χ4v) is 3.53. The molecule has 0 unspecified atom stereocenters. The minimum atomic E-state index is -0.119. The van der Waals surface area contributed by atoms with Crippen molar-refractivity contribution in [3.8, 4) is 11.5 Å². The molecular formula is C18H19N5O3.